The Morgan fingerprint density at radius 2 is 1.97 bits per heavy atom. The second-order valence-electron chi connectivity index (χ2n) is 6.71. The first kappa shape index (κ1) is 21.4. The van der Waals surface area contributed by atoms with Crippen LogP contribution in [-0.2, 0) is 18.0 Å². The largest absolute Gasteiger partial charge is 0.416 e. The van der Waals surface area contributed by atoms with Gasteiger partial charge in [-0.25, -0.2) is 0 Å². The zero-order valence-corrected chi connectivity index (χ0v) is 17.1. The maximum absolute atomic E-state index is 13.2. The lowest BCUT2D eigenvalue weighted by molar-refractivity contribution is -0.137. The molecule has 1 aromatic heterocycles. The van der Waals surface area contributed by atoms with Crippen molar-refractivity contribution in [1.82, 2.24) is 19.7 Å². The molecule has 0 bridgehead atoms. The lowest BCUT2D eigenvalue weighted by Crippen LogP contribution is -2.46. The van der Waals surface area contributed by atoms with Crippen LogP contribution in [0.1, 0.15) is 12.5 Å². The van der Waals surface area contributed by atoms with Crippen molar-refractivity contribution in [1.29, 1.82) is 0 Å². The summed E-state index contributed by atoms with van der Waals surface area (Å²) in [5, 5.41) is 10.8. The number of halogens is 3. The van der Waals surface area contributed by atoms with E-state index >= 15 is 0 Å². The van der Waals surface area contributed by atoms with Crippen LogP contribution in [0.3, 0.4) is 0 Å². The number of piperazine rings is 1. The van der Waals surface area contributed by atoms with Gasteiger partial charge in [-0.05, 0) is 24.7 Å². The van der Waals surface area contributed by atoms with Crippen LogP contribution in [0.5, 0.6) is 0 Å². The molecule has 1 N–H and O–H groups in total. The summed E-state index contributed by atoms with van der Waals surface area (Å²) in [5.41, 5.74) is -0.0104. The van der Waals surface area contributed by atoms with Crippen molar-refractivity contribution < 1.29 is 18.0 Å². The lowest BCUT2D eigenvalue weighted by Gasteiger charge is -2.36. The third-order valence-electron chi connectivity index (χ3n) is 4.76. The zero-order valence-electron chi connectivity index (χ0n) is 16.2. The molecule has 0 radical (unpaired) electrons. The van der Waals surface area contributed by atoms with Gasteiger partial charge in [0.15, 0.2) is 5.16 Å². The number of nitrogens with one attached hydrogen (secondary N) is 1. The number of hydrogen-bond acceptors (Lipinski definition) is 6. The minimum atomic E-state index is -4.48. The molecule has 3 rings (SSSR count). The van der Waals surface area contributed by atoms with Crippen LogP contribution in [0.4, 0.5) is 24.5 Å². The van der Waals surface area contributed by atoms with E-state index in [2.05, 4.69) is 27.3 Å². The molecule has 0 saturated carbocycles. The molecule has 2 heterocycles. The van der Waals surface area contributed by atoms with Crippen LogP contribution in [0.15, 0.2) is 29.7 Å². The lowest BCUT2D eigenvalue weighted by atomic mass is 10.1. The van der Waals surface area contributed by atoms with E-state index in [0.29, 0.717) is 23.9 Å². The van der Waals surface area contributed by atoms with Crippen molar-refractivity contribution in [2.75, 3.05) is 48.7 Å². The van der Waals surface area contributed by atoms with Gasteiger partial charge in [0.2, 0.25) is 5.91 Å². The minimum Gasteiger partial charge on any atom is -0.367 e. The van der Waals surface area contributed by atoms with Crippen molar-refractivity contribution in [2.24, 2.45) is 7.05 Å². The number of thioether (sulfide) groups is 1. The van der Waals surface area contributed by atoms with Gasteiger partial charge < -0.3 is 19.7 Å². The fourth-order valence-electron chi connectivity index (χ4n) is 3.11. The summed E-state index contributed by atoms with van der Waals surface area (Å²) in [6.07, 6.45) is -2.96. The summed E-state index contributed by atoms with van der Waals surface area (Å²) in [4.78, 5) is 16.7. The van der Waals surface area contributed by atoms with Gasteiger partial charge >= 0.3 is 6.18 Å². The van der Waals surface area contributed by atoms with Crippen LogP contribution in [0.25, 0.3) is 0 Å². The summed E-state index contributed by atoms with van der Waals surface area (Å²) in [6, 6.07) is 3.51. The Labute approximate surface area is 171 Å². The van der Waals surface area contributed by atoms with Gasteiger partial charge in [0.1, 0.15) is 6.33 Å². The van der Waals surface area contributed by atoms with Gasteiger partial charge in [0.25, 0.3) is 0 Å². The van der Waals surface area contributed by atoms with Gasteiger partial charge in [0, 0.05) is 33.2 Å². The van der Waals surface area contributed by atoms with E-state index in [1.807, 2.05) is 4.90 Å². The molecule has 1 aliphatic rings. The van der Waals surface area contributed by atoms with Crippen molar-refractivity contribution in [3.8, 4) is 0 Å². The first-order valence-electron chi connectivity index (χ1n) is 9.23. The third kappa shape index (κ3) is 5.41. The highest BCUT2D eigenvalue weighted by atomic mass is 32.2. The summed E-state index contributed by atoms with van der Waals surface area (Å²) >= 11 is 1.17. The summed E-state index contributed by atoms with van der Waals surface area (Å²) in [6.45, 7) is 6.04. The van der Waals surface area contributed by atoms with Crippen molar-refractivity contribution >= 4 is 29.0 Å². The number of anilines is 2. The fraction of sp³-hybridized carbons (Fsp3) is 0.500. The molecule has 1 saturated heterocycles. The number of benzene rings is 1. The minimum absolute atomic E-state index is 0.0197. The van der Waals surface area contributed by atoms with E-state index in [-0.39, 0.29) is 11.4 Å². The van der Waals surface area contributed by atoms with E-state index in [0.717, 1.165) is 31.8 Å². The number of carbonyl (C=O) groups is 1. The van der Waals surface area contributed by atoms with E-state index in [1.165, 1.54) is 24.2 Å². The topological polar surface area (TPSA) is 66.3 Å². The highest BCUT2D eigenvalue weighted by Gasteiger charge is 2.32. The SMILES string of the molecule is CCN1CCN(c2ccc(C(F)(F)F)cc2NC(=O)CSc2nncn2C)CC1. The number of aryl methyl sites for hydroxylation is 1. The number of likely N-dealkylation sites (N-methyl/N-ethyl adjacent to an activating group) is 1. The van der Waals surface area contributed by atoms with E-state index in [1.54, 1.807) is 11.6 Å². The molecule has 29 heavy (non-hydrogen) atoms. The normalized spacial score (nSPS) is 15.6. The summed E-state index contributed by atoms with van der Waals surface area (Å²) in [5.74, 6) is -0.378. The van der Waals surface area contributed by atoms with Crippen LogP contribution in [0, 0.1) is 0 Å². The standard InChI is InChI=1S/C18H23F3N6OS/c1-3-26-6-8-27(9-7-26)15-5-4-13(18(19,20)21)10-14(15)23-16(28)11-29-17-24-22-12-25(17)2/h4-5,10,12H,3,6-9,11H2,1-2H3,(H,23,28). The maximum atomic E-state index is 13.2. The number of rotatable bonds is 6. The molecule has 0 spiro atoms. The molecule has 2 aromatic rings. The van der Waals surface area contributed by atoms with Crippen molar-refractivity contribution in [2.45, 2.75) is 18.3 Å². The number of amides is 1. The summed E-state index contributed by atoms with van der Waals surface area (Å²) in [7, 11) is 1.75. The van der Waals surface area contributed by atoms with Crippen LogP contribution < -0.4 is 10.2 Å². The molecule has 0 atom stereocenters. The van der Waals surface area contributed by atoms with Crippen LogP contribution in [0.2, 0.25) is 0 Å². The molecule has 0 aliphatic carbocycles. The predicted octanol–water partition coefficient (Wildman–Crippen LogP) is 2.71. The maximum Gasteiger partial charge on any atom is 0.416 e. The first-order valence-corrected chi connectivity index (χ1v) is 10.2. The third-order valence-corrected chi connectivity index (χ3v) is 5.79. The first-order chi connectivity index (χ1) is 13.8. The highest BCUT2D eigenvalue weighted by molar-refractivity contribution is 7.99. The number of hydrogen-bond donors (Lipinski definition) is 1. The molecular formula is C18H23F3N6OS. The van der Waals surface area contributed by atoms with Crippen LogP contribution >= 0.6 is 11.8 Å². The fourth-order valence-corrected chi connectivity index (χ4v) is 3.80. The van der Waals surface area contributed by atoms with E-state index in [9.17, 15) is 18.0 Å². The Morgan fingerprint density at radius 1 is 1.24 bits per heavy atom. The second kappa shape index (κ2) is 9.04. The Morgan fingerprint density at radius 3 is 2.55 bits per heavy atom. The molecular weight excluding hydrogens is 405 g/mol. The molecule has 158 valence electrons. The molecule has 1 aromatic carbocycles. The second-order valence-corrected chi connectivity index (χ2v) is 7.65. The molecule has 1 fully saturated rings. The average Bonchev–Trinajstić information content (AvgIpc) is 3.10. The van der Waals surface area contributed by atoms with E-state index in [4.69, 9.17) is 0 Å². The number of alkyl halides is 3. The zero-order chi connectivity index (χ0) is 21.0. The Balaban J connectivity index is 1.76. The van der Waals surface area contributed by atoms with Crippen LogP contribution in [-0.4, -0.2) is 64.0 Å². The summed E-state index contributed by atoms with van der Waals surface area (Å²) < 4.78 is 41.3. The number of carbonyl (C=O) groups excluding carboxylic acids is 1. The monoisotopic (exact) mass is 428 g/mol. The van der Waals surface area contributed by atoms with Crippen molar-refractivity contribution in [3.05, 3.63) is 30.1 Å². The van der Waals surface area contributed by atoms with E-state index < -0.39 is 17.6 Å². The van der Waals surface area contributed by atoms with Crippen molar-refractivity contribution in [3.63, 3.8) is 0 Å². The Hall–Kier alpha value is -2.27. The number of aromatic nitrogens is 3. The van der Waals surface area contributed by atoms with Gasteiger partial charge in [-0.1, -0.05) is 18.7 Å². The Kier molecular flexibility index (Phi) is 6.68. The Bertz CT molecular complexity index is 848. The van der Waals surface area contributed by atoms with Gasteiger partial charge in [-0.3, -0.25) is 4.79 Å². The number of nitrogens with zero attached hydrogens (tertiary/aromatic N) is 5. The molecule has 7 nitrogen and oxygen atoms in total. The molecule has 0 unspecified atom stereocenters. The van der Waals surface area contributed by atoms with Gasteiger partial charge in [0.05, 0.1) is 22.7 Å². The van der Waals surface area contributed by atoms with Gasteiger partial charge in [-0.15, -0.1) is 10.2 Å². The molecule has 11 heteroatoms. The quantitative estimate of drug-likeness (QED) is 0.714. The smallest absolute Gasteiger partial charge is 0.367 e. The average molecular weight is 428 g/mol. The molecule has 1 amide bonds. The highest BCUT2D eigenvalue weighted by Crippen LogP contribution is 2.36. The predicted molar refractivity (Wildman–Crippen MR) is 106 cm³/mol. The molecule has 1 aliphatic heterocycles. The van der Waals surface area contributed by atoms with Gasteiger partial charge in [-0.2, -0.15) is 13.2 Å².